The SMILES string of the molecule is O=C(O)CCCNC(=O)Nc1cc(Cl)ccc1OCC1CCOC1. The van der Waals surface area contributed by atoms with Gasteiger partial charge in [0.2, 0.25) is 0 Å². The average Bonchev–Trinajstić information content (AvgIpc) is 3.04. The Kier molecular flexibility index (Phi) is 7.14. The molecule has 2 rings (SSSR count). The van der Waals surface area contributed by atoms with E-state index in [1.807, 2.05) is 0 Å². The third kappa shape index (κ3) is 6.25. The molecule has 1 heterocycles. The molecular weight excluding hydrogens is 336 g/mol. The lowest BCUT2D eigenvalue weighted by Crippen LogP contribution is -2.30. The zero-order valence-electron chi connectivity index (χ0n) is 13.2. The van der Waals surface area contributed by atoms with Crippen molar-refractivity contribution in [2.24, 2.45) is 5.92 Å². The molecule has 24 heavy (non-hydrogen) atoms. The topological polar surface area (TPSA) is 96.9 Å². The van der Waals surface area contributed by atoms with Gasteiger partial charge < -0.3 is 25.2 Å². The zero-order valence-corrected chi connectivity index (χ0v) is 14.0. The minimum Gasteiger partial charge on any atom is -0.491 e. The molecule has 1 fully saturated rings. The number of anilines is 1. The van der Waals surface area contributed by atoms with E-state index in [9.17, 15) is 9.59 Å². The Morgan fingerprint density at radius 2 is 2.25 bits per heavy atom. The Morgan fingerprint density at radius 3 is 2.96 bits per heavy atom. The minimum atomic E-state index is -0.890. The summed E-state index contributed by atoms with van der Waals surface area (Å²) in [5, 5.41) is 14.3. The van der Waals surface area contributed by atoms with E-state index in [2.05, 4.69) is 10.6 Å². The maximum atomic E-state index is 11.9. The van der Waals surface area contributed by atoms with Crippen LogP contribution in [0.1, 0.15) is 19.3 Å². The van der Waals surface area contributed by atoms with E-state index in [-0.39, 0.29) is 13.0 Å². The summed E-state index contributed by atoms with van der Waals surface area (Å²) in [6, 6.07) is 4.58. The first-order valence-corrected chi connectivity index (χ1v) is 8.19. The standard InChI is InChI=1S/C16H21ClN2O5/c17-12-3-4-14(24-10-11-5-7-23-9-11)13(8-12)19-16(22)18-6-1-2-15(20)21/h3-4,8,11H,1-2,5-7,9-10H2,(H,20,21)(H2,18,19,22). The number of ether oxygens (including phenoxy) is 2. The van der Waals surface area contributed by atoms with Crippen molar-refractivity contribution in [1.29, 1.82) is 0 Å². The quantitative estimate of drug-likeness (QED) is 0.622. The molecule has 1 aliphatic heterocycles. The van der Waals surface area contributed by atoms with Gasteiger partial charge in [-0.15, -0.1) is 0 Å². The van der Waals surface area contributed by atoms with Crippen molar-refractivity contribution in [3.05, 3.63) is 23.2 Å². The van der Waals surface area contributed by atoms with Gasteiger partial charge in [-0.2, -0.15) is 0 Å². The van der Waals surface area contributed by atoms with Crippen LogP contribution in [0.15, 0.2) is 18.2 Å². The first-order chi connectivity index (χ1) is 11.5. The molecule has 0 spiro atoms. The van der Waals surface area contributed by atoms with Crippen molar-refractivity contribution in [3.8, 4) is 5.75 Å². The van der Waals surface area contributed by atoms with Crippen LogP contribution in [0.4, 0.5) is 10.5 Å². The highest BCUT2D eigenvalue weighted by Crippen LogP contribution is 2.29. The molecule has 8 heteroatoms. The van der Waals surface area contributed by atoms with Crippen molar-refractivity contribution < 1.29 is 24.2 Å². The molecule has 132 valence electrons. The lowest BCUT2D eigenvalue weighted by atomic mass is 10.1. The van der Waals surface area contributed by atoms with Gasteiger partial charge in [0.25, 0.3) is 0 Å². The van der Waals surface area contributed by atoms with Gasteiger partial charge in [-0.25, -0.2) is 4.79 Å². The van der Waals surface area contributed by atoms with Crippen LogP contribution in [-0.4, -0.2) is 43.5 Å². The summed E-state index contributed by atoms with van der Waals surface area (Å²) in [4.78, 5) is 22.3. The summed E-state index contributed by atoms with van der Waals surface area (Å²) in [6.45, 7) is 2.21. The monoisotopic (exact) mass is 356 g/mol. The number of hydrogen-bond donors (Lipinski definition) is 3. The molecule has 1 atom stereocenters. The Labute approximate surface area is 145 Å². The lowest BCUT2D eigenvalue weighted by molar-refractivity contribution is -0.137. The van der Waals surface area contributed by atoms with Crippen LogP contribution in [0.2, 0.25) is 5.02 Å². The van der Waals surface area contributed by atoms with Crippen LogP contribution in [0.5, 0.6) is 5.75 Å². The Hall–Kier alpha value is -1.99. The largest absolute Gasteiger partial charge is 0.491 e. The maximum Gasteiger partial charge on any atom is 0.319 e. The number of halogens is 1. The molecule has 0 aliphatic carbocycles. The second-order valence-corrected chi connectivity index (χ2v) is 6.00. The zero-order chi connectivity index (χ0) is 17.4. The number of carbonyl (C=O) groups excluding carboxylic acids is 1. The summed E-state index contributed by atoms with van der Waals surface area (Å²) < 4.78 is 11.1. The van der Waals surface area contributed by atoms with Gasteiger partial charge in [0.15, 0.2) is 0 Å². The number of hydrogen-bond acceptors (Lipinski definition) is 4. The Balaban J connectivity index is 1.86. The maximum absolute atomic E-state index is 11.9. The number of amides is 2. The van der Waals surface area contributed by atoms with Gasteiger partial charge in [-0.1, -0.05) is 11.6 Å². The molecule has 0 radical (unpaired) electrons. The molecule has 1 aromatic carbocycles. The summed E-state index contributed by atoms with van der Waals surface area (Å²) in [7, 11) is 0. The van der Waals surface area contributed by atoms with Crippen LogP contribution < -0.4 is 15.4 Å². The highest BCUT2D eigenvalue weighted by Gasteiger charge is 2.17. The Morgan fingerprint density at radius 1 is 1.42 bits per heavy atom. The molecule has 3 N–H and O–H groups in total. The number of benzene rings is 1. The molecule has 1 unspecified atom stereocenters. The van der Waals surface area contributed by atoms with Crippen LogP contribution in [-0.2, 0) is 9.53 Å². The average molecular weight is 357 g/mol. The van der Waals surface area contributed by atoms with E-state index in [1.165, 1.54) is 0 Å². The highest BCUT2D eigenvalue weighted by atomic mass is 35.5. The smallest absolute Gasteiger partial charge is 0.319 e. The van der Waals surface area contributed by atoms with E-state index >= 15 is 0 Å². The molecular formula is C16H21ClN2O5. The predicted molar refractivity (Wildman–Crippen MR) is 89.8 cm³/mol. The third-order valence-electron chi connectivity index (χ3n) is 3.54. The van der Waals surface area contributed by atoms with Crippen LogP contribution in [0, 0.1) is 5.92 Å². The van der Waals surface area contributed by atoms with Crippen LogP contribution in [0.25, 0.3) is 0 Å². The lowest BCUT2D eigenvalue weighted by Gasteiger charge is -2.15. The number of nitrogens with one attached hydrogen (secondary N) is 2. The number of carboxylic acid groups (broad SMARTS) is 1. The predicted octanol–water partition coefficient (Wildman–Crippen LogP) is 2.74. The van der Waals surface area contributed by atoms with Crippen LogP contribution >= 0.6 is 11.6 Å². The van der Waals surface area contributed by atoms with Crippen LogP contribution in [0.3, 0.4) is 0 Å². The fourth-order valence-electron chi connectivity index (χ4n) is 2.26. The van der Waals surface area contributed by atoms with Gasteiger partial charge in [0.05, 0.1) is 18.9 Å². The number of carboxylic acids is 1. The van der Waals surface area contributed by atoms with Crippen molar-refractivity contribution >= 4 is 29.3 Å². The first-order valence-electron chi connectivity index (χ1n) is 7.81. The number of rotatable bonds is 8. The summed E-state index contributed by atoms with van der Waals surface area (Å²) in [6.07, 6.45) is 1.33. The molecule has 2 amide bonds. The third-order valence-corrected chi connectivity index (χ3v) is 3.78. The summed E-state index contributed by atoms with van der Waals surface area (Å²) in [5.74, 6) is -0.0102. The van der Waals surface area contributed by atoms with E-state index < -0.39 is 12.0 Å². The van der Waals surface area contributed by atoms with Crippen molar-refractivity contribution in [3.63, 3.8) is 0 Å². The fourth-order valence-corrected chi connectivity index (χ4v) is 2.43. The summed E-state index contributed by atoms with van der Waals surface area (Å²) >= 11 is 5.98. The summed E-state index contributed by atoms with van der Waals surface area (Å²) in [5.41, 5.74) is 0.470. The van der Waals surface area contributed by atoms with Crippen molar-refractivity contribution in [2.45, 2.75) is 19.3 Å². The normalized spacial score (nSPS) is 16.6. The van der Waals surface area contributed by atoms with E-state index in [4.69, 9.17) is 26.2 Å². The van der Waals surface area contributed by atoms with E-state index in [0.29, 0.717) is 42.0 Å². The van der Waals surface area contributed by atoms with Crippen molar-refractivity contribution in [2.75, 3.05) is 31.7 Å². The molecule has 0 saturated carbocycles. The Bertz CT molecular complexity index is 576. The minimum absolute atomic E-state index is 0.00919. The van der Waals surface area contributed by atoms with E-state index in [0.717, 1.165) is 13.0 Å². The number of aliphatic carboxylic acids is 1. The molecule has 0 aromatic heterocycles. The van der Waals surface area contributed by atoms with Crippen molar-refractivity contribution in [1.82, 2.24) is 5.32 Å². The second-order valence-electron chi connectivity index (χ2n) is 5.56. The molecule has 1 aromatic rings. The fraction of sp³-hybridized carbons (Fsp3) is 0.500. The number of urea groups is 1. The van der Waals surface area contributed by atoms with Gasteiger partial charge >= 0.3 is 12.0 Å². The second kappa shape index (κ2) is 9.34. The molecule has 7 nitrogen and oxygen atoms in total. The number of carbonyl (C=O) groups is 2. The van der Waals surface area contributed by atoms with Gasteiger partial charge in [0.1, 0.15) is 5.75 Å². The van der Waals surface area contributed by atoms with Gasteiger partial charge in [-0.05, 0) is 31.0 Å². The molecule has 1 saturated heterocycles. The van der Waals surface area contributed by atoms with Gasteiger partial charge in [0, 0.05) is 30.5 Å². The molecule has 0 bridgehead atoms. The first kappa shape index (κ1) is 18.4. The van der Waals surface area contributed by atoms with E-state index in [1.54, 1.807) is 18.2 Å². The molecule has 1 aliphatic rings. The highest BCUT2D eigenvalue weighted by molar-refractivity contribution is 6.31. The van der Waals surface area contributed by atoms with Gasteiger partial charge in [-0.3, -0.25) is 4.79 Å².